The second-order valence-corrected chi connectivity index (χ2v) is 9.20. The summed E-state index contributed by atoms with van der Waals surface area (Å²) in [5.74, 6) is 1.79. The number of sulfonamides is 1. The van der Waals surface area contributed by atoms with Crippen LogP contribution in [-0.4, -0.2) is 20.4 Å². The minimum absolute atomic E-state index is 0.195. The van der Waals surface area contributed by atoms with Crippen LogP contribution in [0.1, 0.15) is 25.7 Å². The summed E-state index contributed by atoms with van der Waals surface area (Å²) in [7, 11) is -3.63. The highest BCUT2D eigenvalue weighted by Crippen LogP contribution is 2.45. The number of anilines is 1. The summed E-state index contributed by atoms with van der Waals surface area (Å²) in [6, 6.07) is 1.97. The summed E-state index contributed by atoms with van der Waals surface area (Å²) in [6.45, 7) is 0. The number of hydrogen-bond acceptors (Lipinski definition) is 5. The maximum atomic E-state index is 12.1. The fraction of sp³-hybridized carbons (Fsp3) is 0.583. The first-order valence-electron chi connectivity index (χ1n) is 6.69. The van der Waals surface area contributed by atoms with Gasteiger partial charge in [-0.1, -0.05) is 18.0 Å². The lowest BCUT2D eigenvalue weighted by Gasteiger charge is -2.26. The molecule has 2 fully saturated rings. The molecule has 3 atom stereocenters. The van der Waals surface area contributed by atoms with Crippen LogP contribution in [-0.2, 0) is 10.0 Å². The van der Waals surface area contributed by atoms with Gasteiger partial charge in [-0.05, 0) is 37.2 Å². The summed E-state index contributed by atoms with van der Waals surface area (Å²) in [6.07, 6.45) is 4.92. The van der Waals surface area contributed by atoms with E-state index in [1.807, 2.05) is 0 Å². The van der Waals surface area contributed by atoms with Gasteiger partial charge in [-0.15, -0.1) is 15.7 Å². The lowest BCUT2D eigenvalue weighted by Crippen LogP contribution is -2.43. The molecule has 2 saturated carbocycles. The van der Waals surface area contributed by atoms with Gasteiger partial charge in [0.15, 0.2) is 4.21 Å². The molecule has 108 valence electrons. The van der Waals surface area contributed by atoms with Crippen LogP contribution in [0.4, 0.5) is 5.69 Å². The lowest BCUT2D eigenvalue weighted by atomic mass is 9.95. The van der Waals surface area contributed by atoms with Gasteiger partial charge in [0.2, 0.25) is 5.96 Å². The number of guanidine groups is 1. The van der Waals surface area contributed by atoms with Crippen LogP contribution in [0, 0.1) is 11.8 Å². The van der Waals surface area contributed by atoms with Gasteiger partial charge in [0.25, 0.3) is 10.0 Å². The normalized spacial score (nSPS) is 33.5. The summed E-state index contributed by atoms with van der Waals surface area (Å²) in [5, 5.41) is 6.32. The number of nitrogens with one attached hydrogen (secondary N) is 2. The van der Waals surface area contributed by atoms with Crippen LogP contribution < -0.4 is 10.6 Å². The average molecular weight is 332 g/mol. The second kappa shape index (κ2) is 4.35. The summed E-state index contributed by atoms with van der Waals surface area (Å²) in [4.78, 5) is 0. The zero-order chi connectivity index (χ0) is 13.9. The molecule has 3 aliphatic rings. The van der Waals surface area contributed by atoms with E-state index in [0.717, 1.165) is 23.7 Å². The molecule has 0 spiro atoms. The van der Waals surface area contributed by atoms with E-state index >= 15 is 0 Å². The Morgan fingerprint density at radius 2 is 2.25 bits per heavy atom. The molecule has 2 N–H and O–H groups in total. The molecule has 3 unspecified atom stereocenters. The van der Waals surface area contributed by atoms with Crippen molar-refractivity contribution in [2.24, 2.45) is 16.2 Å². The summed E-state index contributed by atoms with van der Waals surface area (Å²) in [5.41, 5.74) is 0.528. The minimum Gasteiger partial charge on any atom is -0.352 e. The van der Waals surface area contributed by atoms with Gasteiger partial charge < -0.3 is 10.6 Å². The van der Waals surface area contributed by atoms with Gasteiger partial charge in [-0.2, -0.15) is 8.42 Å². The fourth-order valence-electron chi connectivity index (χ4n) is 3.60. The summed E-state index contributed by atoms with van der Waals surface area (Å²) >= 11 is 6.92. The van der Waals surface area contributed by atoms with Gasteiger partial charge in [-0.25, -0.2) is 0 Å². The van der Waals surface area contributed by atoms with Crippen LogP contribution >= 0.6 is 22.9 Å². The van der Waals surface area contributed by atoms with Gasteiger partial charge in [-0.3, -0.25) is 0 Å². The Hall–Kier alpha value is -0.790. The predicted octanol–water partition coefficient (Wildman–Crippen LogP) is 2.65. The Balaban J connectivity index is 1.59. The molecule has 0 amide bonds. The zero-order valence-corrected chi connectivity index (χ0v) is 13.0. The van der Waals surface area contributed by atoms with Gasteiger partial charge in [0.05, 0.1) is 10.0 Å². The van der Waals surface area contributed by atoms with Crippen LogP contribution in [0.15, 0.2) is 14.7 Å². The Bertz CT molecular complexity index is 698. The molecule has 8 heteroatoms. The lowest BCUT2D eigenvalue weighted by molar-refractivity contribution is 0.390. The third kappa shape index (κ3) is 2.03. The Morgan fingerprint density at radius 1 is 1.40 bits per heavy atom. The van der Waals surface area contributed by atoms with Crippen LogP contribution in [0.25, 0.3) is 0 Å². The molecule has 0 radical (unpaired) electrons. The molecule has 0 saturated heterocycles. The standard InChI is InChI=1S/C12H14ClN3O2S2/c13-10-5-9-11(19-10)20(17,18)16-12(15-9)14-8-4-6-1-2-7(8)3-6/h5-8H,1-4H2,(H2,14,15,16). The van der Waals surface area contributed by atoms with Crippen LogP contribution in [0.3, 0.4) is 0 Å². The van der Waals surface area contributed by atoms with Gasteiger partial charge in [0.1, 0.15) is 0 Å². The van der Waals surface area contributed by atoms with Crippen LogP contribution in [0.5, 0.6) is 0 Å². The first-order chi connectivity index (χ1) is 9.51. The number of fused-ring (bicyclic) bond motifs is 3. The molecule has 2 aliphatic carbocycles. The van der Waals surface area contributed by atoms with Crippen molar-refractivity contribution in [2.75, 3.05) is 5.32 Å². The molecule has 1 aromatic heterocycles. The largest absolute Gasteiger partial charge is 0.352 e. The monoisotopic (exact) mass is 331 g/mol. The molecule has 5 nitrogen and oxygen atoms in total. The molecule has 2 heterocycles. The molecule has 0 aromatic carbocycles. The highest BCUT2D eigenvalue weighted by Gasteiger charge is 2.40. The molecule has 2 bridgehead atoms. The number of nitrogens with zero attached hydrogens (tertiary/aromatic N) is 1. The molecule has 1 aromatic rings. The van der Waals surface area contributed by atoms with Crippen molar-refractivity contribution in [1.82, 2.24) is 5.32 Å². The maximum Gasteiger partial charge on any atom is 0.297 e. The molecule has 20 heavy (non-hydrogen) atoms. The van der Waals surface area contributed by atoms with Gasteiger partial charge in [0, 0.05) is 6.04 Å². The van der Waals surface area contributed by atoms with E-state index in [2.05, 4.69) is 15.0 Å². The van der Waals surface area contributed by atoms with E-state index in [0.29, 0.717) is 27.9 Å². The number of halogens is 1. The topological polar surface area (TPSA) is 70.6 Å². The van der Waals surface area contributed by atoms with Crippen molar-refractivity contribution in [3.63, 3.8) is 0 Å². The van der Waals surface area contributed by atoms with E-state index in [4.69, 9.17) is 11.6 Å². The number of hydrogen-bond donors (Lipinski definition) is 2. The van der Waals surface area contributed by atoms with E-state index in [-0.39, 0.29) is 4.21 Å². The SMILES string of the molecule is O=S1(=O)N=C(NC2CC3CCC2C3)Nc2cc(Cl)sc21. The van der Waals surface area contributed by atoms with Crippen molar-refractivity contribution in [3.8, 4) is 0 Å². The second-order valence-electron chi connectivity index (χ2n) is 5.72. The highest BCUT2D eigenvalue weighted by molar-refractivity contribution is 7.92. The first-order valence-corrected chi connectivity index (χ1v) is 9.32. The van der Waals surface area contributed by atoms with Crippen molar-refractivity contribution >= 4 is 44.6 Å². The van der Waals surface area contributed by atoms with E-state index in [1.54, 1.807) is 6.07 Å². The third-order valence-electron chi connectivity index (χ3n) is 4.43. The Labute approximate surface area is 126 Å². The van der Waals surface area contributed by atoms with Crippen molar-refractivity contribution in [3.05, 3.63) is 10.4 Å². The fourth-order valence-corrected chi connectivity index (χ4v) is 6.26. The number of thiophene rings is 1. The summed E-state index contributed by atoms with van der Waals surface area (Å²) < 4.78 is 28.7. The zero-order valence-electron chi connectivity index (χ0n) is 10.6. The molecule has 4 rings (SSSR count). The minimum atomic E-state index is -3.63. The molecular weight excluding hydrogens is 318 g/mol. The molecular formula is C12H14ClN3O2S2. The third-order valence-corrected chi connectivity index (χ3v) is 7.48. The number of rotatable bonds is 1. The first kappa shape index (κ1) is 12.9. The van der Waals surface area contributed by atoms with Crippen LogP contribution in [0.2, 0.25) is 4.34 Å². The average Bonchev–Trinajstić information content (AvgIpc) is 3.02. The van der Waals surface area contributed by atoms with Crippen molar-refractivity contribution in [2.45, 2.75) is 35.9 Å². The van der Waals surface area contributed by atoms with Crippen molar-refractivity contribution < 1.29 is 8.42 Å². The van der Waals surface area contributed by atoms with E-state index < -0.39 is 10.0 Å². The Kier molecular flexibility index (Phi) is 2.81. The van der Waals surface area contributed by atoms with Crippen molar-refractivity contribution in [1.29, 1.82) is 0 Å². The highest BCUT2D eigenvalue weighted by atomic mass is 35.5. The quantitative estimate of drug-likeness (QED) is 0.830. The maximum absolute atomic E-state index is 12.1. The molecule has 1 aliphatic heterocycles. The van der Waals surface area contributed by atoms with E-state index in [1.165, 1.54) is 19.3 Å². The predicted molar refractivity (Wildman–Crippen MR) is 79.9 cm³/mol. The smallest absolute Gasteiger partial charge is 0.297 e. The van der Waals surface area contributed by atoms with Gasteiger partial charge >= 0.3 is 0 Å². The van der Waals surface area contributed by atoms with E-state index in [9.17, 15) is 8.42 Å². The Morgan fingerprint density at radius 3 is 2.95 bits per heavy atom.